The minimum atomic E-state index is -1.91. The van der Waals surface area contributed by atoms with Crippen LogP contribution in [0.2, 0.25) is 0 Å². The number of nitrogens with one attached hydrogen (secondary N) is 1. The van der Waals surface area contributed by atoms with E-state index in [1.165, 1.54) is 5.56 Å². The summed E-state index contributed by atoms with van der Waals surface area (Å²) in [4.78, 5) is 28.8. The molecule has 4 aliphatic rings. The molecular weight excluding hydrogens is 473 g/mol. The second-order valence-corrected chi connectivity index (χ2v) is 14.3. The zero-order valence-corrected chi connectivity index (χ0v) is 21.3. The summed E-state index contributed by atoms with van der Waals surface area (Å²) in [6, 6.07) is 0.487. The molecule has 2 saturated heterocycles. The molecule has 4 aliphatic heterocycles. The van der Waals surface area contributed by atoms with Gasteiger partial charge in [0.1, 0.15) is 5.82 Å². The molecule has 0 unspecified atom stereocenters. The van der Waals surface area contributed by atoms with Gasteiger partial charge in [-0.25, -0.2) is 4.98 Å². The predicted octanol–water partition coefficient (Wildman–Crippen LogP) is 0.692. The molecule has 0 radical (unpaired) electrons. The maximum absolute atomic E-state index is 12.3. The van der Waals surface area contributed by atoms with Gasteiger partial charge in [0.2, 0.25) is 11.8 Å². The molecule has 0 atom stereocenters. The summed E-state index contributed by atoms with van der Waals surface area (Å²) in [5.74, 6) is 4.52. The maximum atomic E-state index is 12.3. The lowest BCUT2D eigenvalue weighted by atomic mass is 10.1. The highest BCUT2D eigenvalue weighted by atomic mass is 32.2. The Morgan fingerprint density at radius 1 is 1.15 bits per heavy atom. The smallest absolute Gasteiger partial charge is 0.289 e. The fraction of sp³-hybridized carbons (Fsp3) is 0.667. The van der Waals surface area contributed by atoms with Crippen molar-refractivity contribution in [2.75, 3.05) is 68.6 Å². The number of carbonyl (C=O) groups is 1. The van der Waals surface area contributed by atoms with Crippen molar-refractivity contribution in [2.45, 2.75) is 30.6 Å². The molecular formula is C21H30N9O2PS. The highest BCUT2D eigenvalue weighted by Crippen LogP contribution is 2.44. The van der Waals surface area contributed by atoms with Gasteiger partial charge in [-0.2, -0.15) is 16.7 Å². The van der Waals surface area contributed by atoms with Gasteiger partial charge in [0, 0.05) is 81.8 Å². The molecule has 6 heterocycles. The average Bonchev–Trinajstić information content (AvgIpc) is 3.41. The van der Waals surface area contributed by atoms with Crippen molar-refractivity contribution in [1.29, 1.82) is 0 Å². The maximum Gasteiger partial charge on any atom is 0.289 e. The van der Waals surface area contributed by atoms with Crippen LogP contribution in [0.25, 0.3) is 0 Å². The van der Waals surface area contributed by atoms with Gasteiger partial charge in [0.05, 0.1) is 19.4 Å². The molecule has 0 aliphatic carbocycles. The van der Waals surface area contributed by atoms with Crippen LogP contribution in [0.4, 0.5) is 11.8 Å². The van der Waals surface area contributed by atoms with Gasteiger partial charge in [-0.3, -0.25) is 9.69 Å². The third-order valence-electron chi connectivity index (χ3n) is 7.32. The van der Waals surface area contributed by atoms with Crippen LogP contribution >= 0.6 is 18.9 Å². The summed E-state index contributed by atoms with van der Waals surface area (Å²) in [7, 11) is 0.116. The number of nitrogens with zero attached hydrogens (tertiary/aromatic N) is 8. The molecule has 0 aromatic carbocycles. The van der Waals surface area contributed by atoms with Crippen molar-refractivity contribution < 1.29 is 9.36 Å². The van der Waals surface area contributed by atoms with Crippen LogP contribution in [0.1, 0.15) is 27.7 Å². The van der Waals surface area contributed by atoms with Crippen LogP contribution in [0.3, 0.4) is 0 Å². The molecule has 1 N–H and O–H groups in total. The number of fused-ring (bicyclic) bond motifs is 2. The summed E-state index contributed by atoms with van der Waals surface area (Å²) in [5, 5.41) is 11.2. The number of amides is 1. The Bertz CT molecular complexity index is 1170. The molecule has 0 saturated carbocycles. The van der Waals surface area contributed by atoms with E-state index in [9.17, 15) is 9.36 Å². The number of anilines is 2. The van der Waals surface area contributed by atoms with Crippen molar-refractivity contribution in [2.24, 2.45) is 0 Å². The SMILES string of the molecule is CN(Cc1nnc2n1CCNC2=O)c1nc(N2CC(N3CCP(C)(=O)CC3)C2)nc2c1CSC2. The second-order valence-electron chi connectivity index (χ2n) is 9.81. The lowest BCUT2D eigenvalue weighted by Crippen LogP contribution is -2.61. The van der Waals surface area contributed by atoms with E-state index in [0.29, 0.717) is 31.5 Å². The topological polar surface area (TPSA) is 112 Å². The highest BCUT2D eigenvalue weighted by Gasteiger charge is 2.37. The van der Waals surface area contributed by atoms with E-state index in [4.69, 9.17) is 9.97 Å². The first kappa shape index (κ1) is 22.3. The summed E-state index contributed by atoms with van der Waals surface area (Å²) in [6.07, 6.45) is 1.66. The van der Waals surface area contributed by atoms with Crippen molar-refractivity contribution in [3.63, 3.8) is 0 Å². The number of thioether (sulfide) groups is 1. The minimum Gasteiger partial charge on any atom is -0.352 e. The largest absolute Gasteiger partial charge is 0.352 e. The highest BCUT2D eigenvalue weighted by molar-refractivity contribution is 7.98. The Balaban J connectivity index is 1.19. The van der Waals surface area contributed by atoms with Crippen LogP contribution in [0, 0.1) is 0 Å². The molecule has 2 aromatic rings. The molecule has 182 valence electrons. The molecule has 2 aromatic heterocycles. The van der Waals surface area contributed by atoms with Crippen LogP contribution < -0.4 is 15.1 Å². The lowest BCUT2D eigenvalue weighted by molar-refractivity contribution is 0.0921. The first-order valence-electron chi connectivity index (χ1n) is 11.8. The minimum absolute atomic E-state index is 0.169. The van der Waals surface area contributed by atoms with Gasteiger partial charge in [-0.1, -0.05) is 0 Å². The van der Waals surface area contributed by atoms with E-state index in [0.717, 1.165) is 73.3 Å². The second kappa shape index (κ2) is 8.49. The molecule has 1 amide bonds. The lowest BCUT2D eigenvalue weighted by Gasteiger charge is -2.47. The van der Waals surface area contributed by atoms with Gasteiger partial charge in [0.15, 0.2) is 5.82 Å². The zero-order chi connectivity index (χ0) is 23.4. The van der Waals surface area contributed by atoms with Crippen LogP contribution in [-0.2, 0) is 29.2 Å². The van der Waals surface area contributed by atoms with Gasteiger partial charge in [-0.05, 0) is 6.66 Å². The van der Waals surface area contributed by atoms with Crippen LogP contribution in [-0.4, -0.2) is 100 Å². The Morgan fingerprint density at radius 2 is 1.94 bits per heavy atom. The molecule has 34 heavy (non-hydrogen) atoms. The van der Waals surface area contributed by atoms with Crippen molar-refractivity contribution in [3.05, 3.63) is 22.9 Å². The van der Waals surface area contributed by atoms with Crippen molar-refractivity contribution in [1.82, 2.24) is 34.9 Å². The molecule has 2 fully saturated rings. The monoisotopic (exact) mass is 503 g/mol. The zero-order valence-electron chi connectivity index (χ0n) is 19.6. The van der Waals surface area contributed by atoms with Gasteiger partial charge >= 0.3 is 0 Å². The number of carbonyl (C=O) groups excluding carboxylic acids is 1. The predicted molar refractivity (Wildman–Crippen MR) is 132 cm³/mol. The average molecular weight is 504 g/mol. The van der Waals surface area contributed by atoms with Gasteiger partial charge < -0.3 is 24.2 Å². The Kier molecular flexibility index (Phi) is 5.57. The summed E-state index contributed by atoms with van der Waals surface area (Å²) >= 11 is 1.87. The van der Waals surface area contributed by atoms with Crippen LogP contribution in [0.15, 0.2) is 0 Å². The normalized spacial score (nSPS) is 22.2. The van der Waals surface area contributed by atoms with Crippen molar-refractivity contribution >= 4 is 36.6 Å². The molecule has 0 bridgehead atoms. The Hall–Kier alpha value is -2.17. The van der Waals surface area contributed by atoms with E-state index < -0.39 is 7.14 Å². The molecule has 13 heteroatoms. The summed E-state index contributed by atoms with van der Waals surface area (Å²) < 4.78 is 14.2. The van der Waals surface area contributed by atoms with E-state index in [1.807, 2.05) is 30.0 Å². The Labute approximate surface area is 203 Å². The molecule has 11 nitrogen and oxygen atoms in total. The van der Waals surface area contributed by atoms with E-state index >= 15 is 0 Å². The molecule has 0 spiro atoms. The summed E-state index contributed by atoms with van der Waals surface area (Å²) in [6.45, 7) is 7.43. The first-order chi connectivity index (χ1) is 16.4. The van der Waals surface area contributed by atoms with Crippen LogP contribution in [0.5, 0.6) is 0 Å². The number of aromatic nitrogens is 5. The fourth-order valence-electron chi connectivity index (χ4n) is 5.10. The standard InChI is InChI=1S/C21H30N9O2PS/c1-27(11-17-25-26-19-20(31)22-3-4-30(17)19)18-15-12-34-13-16(15)23-21(24-18)29-9-14(10-29)28-5-7-33(2,32)8-6-28/h14H,3-13H2,1-2H3,(H,22,31). The van der Waals surface area contributed by atoms with Crippen molar-refractivity contribution in [3.8, 4) is 0 Å². The number of hydrogen-bond donors (Lipinski definition) is 1. The molecule has 6 rings (SSSR count). The third-order valence-corrected chi connectivity index (χ3v) is 10.6. The third kappa shape index (κ3) is 3.99. The fourth-order valence-corrected chi connectivity index (χ4v) is 7.72. The van der Waals surface area contributed by atoms with E-state index in [1.54, 1.807) is 0 Å². The number of rotatable bonds is 5. The van der Waals surface area contributed by atoms with E-state index in [2.05, 4.69) is 30.2 Å². The Morgan fingerprint density at radius 3 is 2.74 bits per heavy atom. The number of hydrogen-bond acceptors (Lipinski definition) is 10. The van der Waals surface area contributed by atoms with E-state index in [-0.39, 0.29) is 5.91 Å². The first-order valence-corrected chi connectivity index (χ1v) is 15.5. The van der Waals surface area contributed by atoms with Gasteiger partial charge in [0.25, 0.3) is 5.91 Å². The quantitative estimate of drug-likeness (QED) is 0.585. The van der Waals surface area contributed by atoms with Gasteiger partial charge in [-0.15, -0.1) is 10.2 Å². The summed E-state index contributed by atoms with van der Waals surface area (Å²) in [5.41, 5.74) is 2.31.